The van der Waals surface area contributed by atoms with E-state index in [9.17, 15) is 9.59 Å². The summed E-state index contributed by atoms with van der Waals surface area (Å²) >= 11 is 0. The summed E-state index contributed by atoms with van der Waals surface area (Å²) in [4.78, 5) is 53.8. The first-order chi connectivity index (χ1) is 25.3. The quantitative estimate of drug-likeness (QED) is 0.116. The number of rotatable bonds is 11. The SMILES string of the molecule is CNC(C(=O)N1CCCC1c1ncc(-c2ccc(-c3ccc(-c4cnc([C@@H]5CCCCC5C(=O)NC(C)c5cnccn5)[nH]4)cc3)cc2)[nH]1)C(C)C. The molecule has 0 spiro atoms. The number of benzene rings is 2. The summed E-state index contributed by atoms with van der Waals surface area (Å²) in [7, 11) is 1.85. The molecule has 2 aliphatic rings. The molecule has 1 saturated heterocycles. The Morgan fingerprint density at radius 1 is 0.750 bits per heavy atom. The zero-order valence-corrected chi connectivity index (χ0v) is 30.5. The third kappa shape index (κ3) is 7.41. The molecule has 4 unspecified atom stereocenters. The van der Waals surface area contributed by atoms with Crippen molar-refractivity contribution in [2.75, 3.05) is 13.6 Å². The number of aromatic amines is 2. The highest BCUT2D eigenvalue weighted by Gasteiger charge is 2.37. The van der Waals surface area contributed by atoms with Crippen LogP contribution in [0.4, 0.5) is 0 Å². The monoisotopic (exact) mass is 699 g/mol. The number of hydrogen-bond donors (Lipinski definition) is 4. The minimum Gasteiger partial charge on any atom is -0.348 e. The molecular formula is C41H49N9O2. The van der Waals surface area contributed by atoms with E-state index in [0.717, 1.165) is 96.1 Å². The van der Waals surface area contributed by atoms with Crippen LogP contribution >= 0.6 is 0 Å². The molecule has 5 atom stereocenters. The predicted octanol–water partition coefficient (Wildman–Crippen LogP) is 6.98. The Kier molecular flexibility index (Phi) is 10.6. The zero-order valence-electron chi connectivity index (χ0n) is 30.5. The van der Waals surface area contributed by atoms with E-state index >= 15 is 0 Å². The second-order valence-electron chi connectivity index (χ2n) is 14.6. The summed E-state index contributed by atoms with van der Waals surface area (Å²) < 4.78 is 0. The van der Waals surface area contributed by atoms with Gasteiger partial charge < -0.3 is 25.5 Å². The van der Waals surface area contributed by atoms with E-state index in [4.69, 9.17) is 9.97 Å². The van der Waals surface area contributed by atoms with Crippen molar-refractivity contribution in [3.8, 4) is 33.6 Å². The van der Waals surface area contributed by atoms with Gasteiger partial charge in [-0.3, -0.25) is 19.6 Å². The summed E-state index contributed by atoms with van der Waals surface area (Å²) in [5.41, 5.74) is 6.97. The second kappa shape index (κ2) is 15.6. The molecule has 2 fully saturated rings. The molecule has 11 nitrogen and oxygen atoms in total. The average molecular weight is 700 g/mol. The van der Waals surface area contributed by atoms with Gasteiger partial charge in [-0.15, -0.1) is 0 Å². The van der Waals surface area contributed by atoms with E-state index in [1.807, 2.05) is 31.3 Å². The molecule has 5 aromatic rings. The number of imidazole rings is 2. The van der Waals surface area contributed by atoms with Crippen LogP contribution in [0.3, 0.4) is 0 Å². The lowest BCUT2D eigenvalue weighted by Gasteiger charge is -2.30. The van der Waals surface area contributed by atoms with Crippen molar-refractivity contribution < 1.29 is 9.59 Å². The minimum absolute atomic E-state index is 0.0346. The molecule has 0 radical (unpaired) electrons. The molecule has 4 heterocycles. The molecule has 1 aliphatic heterocycles. The fourth-order valence-electron chi connectivity index (χ4n) is 7.94. The van der Waals surface area contributed by atoms with Crippen LogP contribution in [0.15, 0.2) is 79.5 Å². The lowest BCUT2D eigenvalue weighted by Crippen LogP contribution is -2.47. The summed E-state index contributed by atoms with van der Waals surface area (Å²) in [6, 6.07) is 16.5. The van der Waals surface area contributed by atoms with Crippen LogP contribution in [0.1, 0.15) is 94.6 Å². The Morgan fingerprint density at radius 3 is 1.98 bits per heavy atom. The van der Waals surface area contributed by atoms with Gasteiger partial charge in [0.2, 0.25) is 11.8 Å². The molecule has 2 aromatic carbocycles. The van der Waals surface area contributed by atoms with Crippen molar-refractivity contribution in [2.24, 2.45) is 11.8 Å². The lowest BCUT2D eigenvalue weighted by atomic mass is 9.78. The van der Waals surface area contributed by atoms with Gasteiger partial charge >= 0.3 is 0 Å². The van der Waals surface area contributed by atoms with Crippen LogP contribution < -0.4 is 10.6 Å². The van der Waals surface area contributed by atoms with Crippen LogP contribution in [0.2, 0.25) is 0 Å². The molecule has 52 heavy (non-hydrogen) atoms. The van der Waals surface area contributed by atoms with Crippen LogP contribution in [0.25, 0.3) is 33.6 Å². The van der Waals surface area contributed by atoms with E-state index in [1.54, 1.807) is 18.6 Å². The lowest BCUT2D eigenvalue weighted by molar-refractivity contribution is -0.135. The Hall–Kier alpha value is -5.16. The smallest absolute Gasteiger partial charge is 0.240 e. The van der Waals surface area contributed by atoms with Gasteiger partial charge in [-0.25, -0.2) is 9.97 Å². The first kappa shape index (κ1) is 35.3. The van der Waals surface area contributed by atoms with Crippen molar-refractivity contribution in [2.45, 2.75) is 83.3 Å². The summed E-state index contributed by atoms with van der Waals surface area (Å²) in [6.45, 7) is 6.85. The maximum Gasteiger partial charge on any atom is 0.240 e. The fourth-order valence-corrected chi connectivity index (χ4v) is 7.94. The first-order valence-electron chi connectivity index (χ1n) is 18.7. The summed E-state index contributed by atoms with van der Waals surface area (Å²) in [6.07, 6.45) is 14.5. The topological polar surface area (TPSA) is 145 Å². The molecular weight excluding hydrogens is 651 g/mol. The molecule has 1 aliphatic carbocycles. The van der Waals surface area contributed by atoms with E-state index in [1.165, 1.54) is 0 Å². The van der Waals surface area contributed by atoms with Gasteiger partial charge in [0.1, 0.15) is 11.6 Å². The van der Waals surface area contributed by atoms with Gasteiger partial charge in [0, 0.05) is 30.8 Å². The van der Waals surface area contributed by atoms with Gasteiger partial charge in [-0.2, -0.15) is 0 Å². The molecule has 2 amide bonds. The number of nitrogens with one attached hydrogen (secondary N) is 4. The van der Waals surface area contributed by atoms with E-state index < -0.39 is 0 Å². The zero-order chi connectivity index (χ0) is 36.2. The second-order valence-corrected chi connectivity index (χ2v) is 14.6. The molecule has 3 aromatic heterocycles. The number of nitrogens with zero attached hydrogens (tertiary/aromatic N) is 5. The van der Waals surface area contributed by atoms with Gasteiger partial charge in [-0.05, 0) is 67.8 Å². The predicted molar refractivity (Wildman–Crippen MR) is 202 cm³/mol. The highest BCUT2D eigenvalue weighted by molar-refractivity contribution is 5.83. The molecule has 270 valence electrons. The van der Waals surface area contributed by atoms with Crippen molar-refractivity contribution in [3.05, 3.63) is 96.9 Å². The Bertz CT molecular complexity index is 1950. The molecule has 11 heteroatoms. The highest BCUT2D eigenvalue weighted by atomic mass is 16.2. The number of likely N-dealkylation sites (tertiary alicyclic amines) is 1. The molecule has 4 N–H and O–H groups in total. The Labute approximate surface area is 305 Å². The first-order valence-corrected chi connectivity index (χ1v) is 18.7. The number of H-pyrrole nitrogens is 2. The third-order valence-electron chi connectivity index (χ3n) is 10.9. The van der Waals surface area contributed by atoms with Gasteiger partial charge in [0.05, 0.1) is 53.8 Å². The van der Waals surface area contributed by atoms with E-state index in [-0.39, 0.29) is 47.7 Å². The fraction of sp³-hybridized carbons (Fsp3) is 0.415. The van der Waals surface area contributed by atoms with Gasteiger partial charge in [0.25, 0.3) is 0 Å². The van der Waals surface area contributed by atoms with Crippen molar-refractivity contribution in [1.29, 1.82) is 0 Å². The molecule has 0 bridgehead atoms. The van der Waals surface area contributed by atoms with E-state index in [2.05, 4.69) is 92.9 Å². The normalized spacial score (nSPS) is 20.2. The van der Waals surface area contributed by atoms with Crippen molar-refractivity contribution in [3.63, 3.8) is 0 Å². The number of carbonyl (C=O) groups excluding carboxylic acids is 2. The highest BCUT2D eigenvalue weighted by Crippen LogP contribution is 2.38. The van der Waals surface area contributed by atoms with Crippen LogP contribution in [-0.2, 0) is 9.59 Å². The minimum atomic E-state index is -0.212. The summed E-state index contributed by atoms with van der Waals surface area (Å²) in [5, 5.41) is 6.36. The maximum atomic E-state index is 13.4. The number of likely N-dealkylation sites (N-methyl/N-ethyl adjacent to an activating group) is 1. The Balaban J connectivity index is 0.999. The average Bonchev–Trinajstić information content (AvgIpc) is 3.97. The number of aromatic nitrogens is 6. The van der Waals surface area contributed by atoms with Crippen LogP contribution in [-0.4, -0.2) is 66.3 Å². The Morgan fingerprint density at radius 2 is 1.37 bits per heavy atom. The van der Waals surface area contributed by atoms with Crippen LogP contribution in [0.5, 0.6) is 0 Å². The third-order valence-corrected chi connectivity index (χ3v) is 10.9. The largest absolute Gasteiger partial charge is 0.348 e. The number of hydrogen-bond acceptors (Lipinski definition) is 7. The van der Waals surface area contributed by atoms with Crippen molar-refractivity contribution in [1.82, 2.24) is 45.4 Å². The molecule has 7 rings (SSSR count). The van der Waals surface area contributed by atoms with Crippen molar-refractivity contribution >= 4 is 11.8 Å². The summed E-state index contributed by atoms with van der Waals surface area (Å²) in [5.74, 6) is 2.00. The van der Waals surface area contributed by atoms with E-state index in [0.29, 0.717) is 0 Å². The number of carbonyl (C=O) groups is 2. The van der Waals surface area contributed by atoms with Gasteiger partial charge in [-0.1, -0.05) is 75.2 Å². The van der Waals surface area contributed by atoms with Gasteiger partial charge in [0.15, 0.2) is 0 Å². The molecule has 1 saturated carbocycles. The van der Waals surface area contributed by atoms with Crippen LogP contribution in [0, 0.1) is 11.8 Å². The maximum absolute atomic E-state index is 13.4. The number of amides is 2. The standard InChI is InChI=1S/C41H49N9O2/c1-25(2)37(42-4)41(52)50-21-7-10-36(50)39-46-24-35(49-39)30-17-13-28(14-18-30)27-11-15-29(16-12-27)34-23-45-38(48-34)31-8-5-6-9-32(31)40(51)47-26(3)33-22-43-19-20-44-33/h11-20,22-26,31-32,36-37,42H,5-10,21H2,1-4H3,(H,45,48)(H,46,49)(H,47,51)/t26?,31-,32?,36?,37?/m1/s1.